The van der Waals surface area contributed by atoms with Crippen molar-refractivity contribution in [1.82, 2.24) is 14.3 Å². The van der Waals surface area contributed by atoms with E-state index in [0.29, 0.717) is 29.6 Å². The molecule has 0 bridgehead atoms. The van der Waals surface area contributed by atoms with Crippen LogP contribution in [-0.4, -0.2) is 41.9 Å². The largest absolute Gasteiger partial charge is 0.459 e. The number of aromatic nitrogens is 2. The molecule has 0 spiro atoms. The van der Waals surface area contributed by atoms with Gasteiger partial charge in [0.15, 0.2) is 0 Å². The van der Waals surface area contributed by atoms with Gasteiger partial charge < -0.3 is 4.74 Å². The van der Waals surface area contributed by atoms with E-state index in [0.717, 1.165) is 17.8 Å². The SMILES string of the molecule is Cc1cc(C)nc(OC2CCCN(S(=O)(=O)c3cccc(Cl)c3C)C2)n1. The van der Waals surface area contributed by atoms with Crippen LogP contribution < -0.4 is 4.74 Å². The van der Waals surface area contributed by atoms with Gasteiger partial charge in [0.2, 0.25) is 10.0 Å². The fourth-order valence-corrected chi connectivity index (χ4v) is 5.11. The molecular weight excluding hydrogens is 374 g/mol. The zero-order valence-electron chi connectivity index (χ0n) is 15.1. The fraction of sp³-hybridized carbons (Fsp3) is 0.444. The third-order valence-electron chi connectivity index (χ3n) is 4.41. The average molecular weight is 396 g/mol. The van der Waals surface area contributed by atoms with Crippen molar-refractivity contribution < 1.29 is 13.2 Å². The van der Waals surface area contributed by atoms with E-state index in [1.165, 1.54) is 4.31 Å². The van der Waals surface area contributed by atoms with E-state index in [4.69, 9.17) is 16.3 Å². The lowest BCUT2D eigenvalue weighted by atomic mass is 10.1. The molecule has 1 fully saturated rings. The van der Waals surface area contributed by atoms with E-state index in [9.17, 15) is 8.42 Å². The average Bonchev–Trinajstić information content (AvgIpc) is 2.56. The lowest BCUT2D eigenvalue weighted by molar-refractivity contribution is 0.118. The van der Waals surface area contributed by atoms with Crippen LogP contribution in [-0.2, 0) is 10.0 Å². The van der Waals surface area contributed by atoms with Crippen LogP contribution >= 0.6 is 11.6 Å². The first-order chi connectivity index (χ1) is 12.3. The number of sulfonamides is 1. The highest BCUT2D eigenvalue weighted by molar-refractivity contribution is 7.89. The first kappa shape index (κ1) is 19.1. The van der Waals surface area contributed by atoms with Gasteiger partial charge in [-0.3, -0.25) is 0 Å². The zero-order valence-corrected chi connectivity index (χ0v) is 16.6. The lowest BCUT2D eigenvalue weighted by Gasteiger charge is -2.32. The minimum atomic E-state index is -3.63. The molecule has 140 valence electrons. The van der Waals surface area contributed by atoms with Crippen LogP contribution in [0.5, 0.6) is 6.01 Å². The maximum Gasteiger partial charge on any atom is 0.317 e. The second-order valence-electron chi connectivity index (χ2n) is 6.54. The second-order valence-corrected chi connectivity index (χ2v) is 8.85. The summed E-state index contributed by atoms with van der Waals surface area (Å²) < 4.78 is 33.4. The molecule has 8 heteroatoms. The Labute approximate surface area is 159 Å². The van der Waals surface area contributed by atoms with Crippen molar-refractivity contribution in [3.8, 4) is 6.01 Å². The van der Waals surface area contributed by atoms with E-state index < -0.39 is 10.0 Å². The molecule has 0 amide bonds. The minimum Gasteiger partial charge on any atom is -0.459 e. The molecular formula is C18H22ClN3O3S. The van der Waals surface area contributed by atoms with Gasteiger partial charge in [0.05, 0.1) is 11.4 Å². The van der Waals surface area contributed by atoms with Gasteiger partial charge in [-0.1, -0.05) is 17.7 Å². The van der Waals surface area contributed by atoms with Crippen LogP contribution in [0.3, 0.4) is 0 Å². The zero-order chi connectivity index (χ0) is 18.9. The smallest absolute Gasteiger partial charge is 0.317 e. The monoisotopic (exact) mass is 395 g/mol. The van der Waals surface area contributed by atoms with Crippen LogP contribution in [0, 0.1) is 20.8 Å². The molecule has 3 rings (SSSR count). The number of nitrogens with zero attached hydrogens (tertiary/aromatic N) is 3. The Kier molecular flexibility index (Phi) is 5.50. The van der Waals surface area contributed by atoms with Crippen LogP contribution in [0.25, 0.3) is 0 Å². The summed E-state index contributed by atoms with van der Waals surface area (Å²) in [6, 6.07) is 7.10. The summed E-state index contributed by atoms with van der Waals surface area (Å²) in [6.45, 7) is 6.20. The van der Waals surface area contributed by atoms with Crippen LogP contribution in [0.1, 0.15) is 29.8 Å². The second kappa shape index (κ2) is 7.50. The van der Waals surface area contributed by atoms with Gasteiger partial charge in [0.1, 0.15) is 6.10 Å². The number of benzene rings is 1. The van der Waals surface area contributed by atoms with Gasteiger partial charge >= 0.3 is 6.01 Å². The summed E-state index contributed by atoms with van der Waals surface area (Å²) in [5.74, 6) is 0. The van der Waals surface area contributed by atoms with Crippen LogP contribution in [0.2, 0.25) is 5.02 Å². The fourth-order valence-electron chi connectivity index (χ4n) is 3.12. The highest BCUT2D eigenvalue weighted by Gasteiger charge is 2.32. The molecule has 0 radical (unpaired) electrons. The van der Waals surface area contributed by atoms with Gasteiger partial charge in [-0.2, -0.15) is 4.31 Å². The Morgan fingerprint density at radius 3 is 2.58 bits per heavy atom. The molecule has 2 heterocycles. The van der Waals surface area contributed by atoms with E-state index >= 15 is 0 Å². The normalized spacial score (nSPS) is 18.7. The number of hydrogen-bond acceptors (Lipinski definition) is 5. The topological polar surface area (TPSA) is 72.4 Å². The molecule has 0 aliphatic carbocycles. The Morgan fingerprint density at radius 2 is 1.88 bits per heavy atom. The Hall–Kier alpha value is -1.70. The Balaban J connectivity index is 1.80. The summed E-state index contributed by atoms with van der Waals surface area (Å²) in [6.07, 6.45) is 1.20. The molecule has 1 aliphatic rings. The summed E-state index contributed by atoms with van der Waals surface area (Å²) in [4.78, 5) is 8.80. The number of halogens is 1. The molecule has 1 saturated heterocycles. The predicted octanol–water partition coefficient (Wildman–Crippen LogP) is 3.29. The molecule has 26 heavy (non-hydrogen) atoms. The summed E-state index contributed by atoms with van der Waals surface area (Å²) >= 11 is 6.10. The third kappa shape index (κ3) is 4.00. The standard InChI is InChI=1S/C18H22ClN3O3S/c1-12-10-13(2)21-18(20-12)25-15-6-5-9-22(11-15)26(23,24)17-8-4-7-16(19)14(17)3/h4,7-8,10,15H,5-6,9,11H2,1-3H3. The molecule has 0 N–H and O–H groups in total. The number of ether oxygens (including phenoxy) is 1. The minimum absolute atomic E-state index is 0.244. The van der Waals surface area contributed by atoms with Crippen molar-refractivity contribution in [2.24, 2.45) is 0 Å². The van der Waals surface area contributed by atoms with Gasteiger partial charge in [-0.25, -0.2) is 18.4 Å². The van der Waals surface area contributed by atoms with Gasteiger partial charge in [-0.05, 0) is 57.4 Å². The molecule has 2 aromatic rings. The first-order valence-corrected chi connectivity index (χ1v) is 10.3. The van der Waals surface area contributed by atoms with E-state index in [2.05, 4.69) is 9.97 Å². The Morgan fingerprint density at radius 1 is 1.19 bits per heavy atom. The van der Waals surface area contributed by atoms with Crippen molar-refractivity contribution in [1.29, 1.82) is 0 Å². The molecule has 0 saturated carbocycles. The summed E-state index contributed by atoms with van der Waals surface area (Å²) in [7, 11) is -3.63. The van der Waals surface area contributed by atoms with Gasteiger partial charge in [0.25, 0.3) is 0 Å². The van der Waals surface area contributed by atoms with E-state index in [-0.39, 0.29) is 17.5 Å². The number of piperidine rings is 1. The highest BCUT2D eigenvalue weighted by atomic mass is 35.5. The molecule has 6 nitrogen and oxygen atoms in total. The molecule has 1 aliphatic heterocycles. The van der Waals surface area contributed by atoms with Crippen molar-refractivity contribution in [3.05, 3.63) is 46.2 Å². The maximum atomic E-state index is 13.0. The Bertz CT molecular complexity index is 898. The number of rotatable bonds is 4. The maximum absolute atomic E-state index is 13.0. The lowest BCUT2D eigenvalue weighted by Crippen LogP contribution is -2.44. The van der Waals surface area contributed by atoms with Crippen LogP contribution in [0.4, 0.5) is 0 Å². The quantitative estimate of drug-likeness (QED) is 0.794. The van der Waals surface area contributed by atoms with Crippen molar-refractivity contribution in [3.63, 3.8) is 0 Å². The van der Waals surface area contributed by atoms with Gasteiger partial charge in [0, 0.05) is 23.0 Å². The van der Waals surface area contributed by atoms with Gasteiger partial charge in [-0.15, -0.1) is 0 Å². The van der Waals surface area contributed by atoms with Crippen molar-refractivity contribution in [2.75, 3.05) is 13.1 Å². The summed E-state index contributed by atoms with van der Waals surface area (Å²) in [5, 5.41) is 0.444. The predicted molar refractivity (Wildman–Crippen MR) is 100 cm³/mol. The summed E-state index contributed by atoms with van der Waals surface area (Å²) in [5.41, 5.74) is 2.21. The van der Waals surface area contributed by atoms with E-state index in [1.54, 1.807) is 25.1 Å². The first-order valence-electron chi connectivity index (χ1n) is 8.51. The van der Waals surface area contributed by atoms with E-state index in [1.807, 2.05) is 19.9 Å². The number of aryl methyl sites for hydroxylation is 2. The molecule has 1 aromatic heterocycles. The highest BCUT2D eigenvalue weighted by Crippen LogP contribution is 2.28. The molecule has 1 atom stereocenters. The molecule has 1 unspecified atom stereocenters. The number of hydrogen-bond donors (Lipinski definition) is 0. The molecule has 1 aromatic carbocycles. The van der Waals surface area contributed by atoms with Crippen molar-refractivity contribution in [2.45, 2.75) is 44.6 Å². The third-order valence-corrected chi connectivity index (χ3v) is 6.83. The van der Waals surface area contributed by atoms with Crippen molar-refractivity contribution >= 4 is 21.6 Å². The van der Waals surface area contributed by atoms with Crippen LogP contribution in [0.15, 0.2) is 29.2 Å².